The van der Waals surface area contributed by atoms with Crippen LogP contribution in [-0.2, 0) is 18.4 Å². The van der Waals surface area contributed by atoms with Crippen LogP contribution in [0.1, 0.15) is 425 Å². The number of hydrogen-bond acceptors (Lipinski definition) is 6. The Morgan fingerprint density at radius 1 is 0.380 bits per heavy atom. The number of nitrogens with zero attached hydrogens (tertiary/aromatic N) is 1. The monoisotopic (exact) mass is 1310 g/mol. The van der Waals surface area contributed by atoms with E-state index in [1.54, 1.807) is 6.08 Å². The van der Waals surface area contributed by atoms with E-state index >= 15 is 0 Å². The van der Waals surface area contributed by atoms with Gasteiger partial charge in [0, 0.05) is 6.42 Å². The first-order valence-electron chi connectivity index (χ1n) is 41.0. The maximum absolute atomic E-state index is 13.1. The van der Waals surface area contributed by atoms with Crippen LogP contribution in [-0.4, -0.2) is 68.5 Å². The summed E-state index contributed by atoms with van der Waals surface area (Å²) in [6, 6.07) is -0.888. The van der Waals surface area contributed by atoms with Gasteiger partial charge in [0.25, 0.3) is 7.82 Å². The van der Waals surface area contributed by atoms with Crippen LogP contribution in [0, 0.1) is 0 Å². The Morgan fingerprint density at radius 2 is 0.630 bits per heavy atom. The molecule has 0 aliphatic heterocycles. The quantitative estimate of drug-likeness (QED) is 0.0272. The second-order valence-electron chi connectivity index (χ2n) is 29.5. The van der Waals surface area contributed by atoms with Crippen LogP contribution in [0.4, 0.5) is 0 Å². The number of amides is 1. The van der Waals surface area contributed by atoms with Crippen molar-refractivity contribution in [1.82, 2.24) is 5.32 Å². The summed E-state index contributed by atoms with van der Waals surface area (Å²) in [7, 11) is 1.28. The molecule has 3 unspecified atom stereocenters. The summed E-state index contributed by atoms with van der Waals surface area (Å²) >= 11 is 0. The first kappa shape index (κ1) is 90.5. The predicted molar refractivity (Wildman–Crippen MR) is 404 cm³/mol. The number of aliphatic hydroxyl groups is 1. The lowest BCUT2D eigenvalue weighted by Gasteiger charge is -2.29. The van der Waals surface area contributed by atoms with E-state index in [1.165, 1.54) is 353 Å². The van der Waals surface area contributed by atoms with Crippen LogP contribution in [0.3, 0.4) is 0 Å². The molecular weight excluding hydrogens is 1150 g/mol. The molecule has 1 amide bonds. The number of carbonyl (C=O) groups is 1. The topological polar surface area (TPSA) is 108 Å². The van der Waals surface area contributed by atoms with Gasteiger partial charge in [-0.2, -0.15) is 0 Å². The first-order chi connectivity index (χ1) is 45.0. The fourth-order valence-electron chi connectivity index (χ4n) is 12.7. The Bertz CT molecular complexity index is 1640. The van der Waals surface area contributed by atoms with Crippen molar-refractivity contribution in [1.29, 1.82) is 0 Å². The standard InChI is InChI=1S/C83H161N2O6P/c1-6-8-10-12-14-16-18-20-22-24-26-28-30-32-34-36-38-39-40-41-42-43-44-45-47-49-51-53-55-57-59-61-63-65-67-69-71-73-75-77-83(87)84-81(80-91-92(88,89)90-79-78-85(3,4)5)82(86)76-74-72-70-68-66-64-62-60-58-56-54-52-50-48-46-37-35-33-31-29-27-25-23-21-19-17-15-13-11-9-7-2/h18,20,24,26,30,32,74,76,81-82,86H,6-17,19,21-23,25,27-29,31,33-73,75,77-80H2,1-5H3,(H-,84,87,88,89)/b20-18-,26-24-,32-30-,76-74+. The Balaban J connectivity index is 3.93. The lowest BCUT2D eigenvalue weighted by Crippen LogP contribution is -2.45. The van der Waals surface area contributed by atoms with Gasteiger partial charge in [-0.3, -0.25) is 9.36 Å². The number of phosphoric acid groups is 1. The molecule has 0 aliphatic carbocycles. The second kappa shape index (κ2) is 73.7. The molecule has 0 fully saturated rings. The molecule has 0 rings (SSSR count). The van der Waals surface area contributed by atoms with Gasteiger partial charge in [-0.25, -0.2) is 0 Å². The summed E-state index contributed by atoms with van der Waals surface area (Å²) < 4.78 is 23.5. The molecule has 9 heteroatoms. The van der Waals surface area contributed by atoms with Gasteiger partial charge < -0.3 is 28.8 Å². The third-order valence-electron chi connectivity index (χ3n) is 19.0. The fourth-order valence-corrected chi connectivity index (χ4v) is 13.4. The molecule has 0 saturated carbocycles. The summed E-state index contributed by atoms with van der Waals surface area (Å²) in [5.41, 5.74) is 0. The number of nitrogens with one attached hydrogen (secondary N) is 1. The maximum atomic E-state index is 13.1. The van der Waals surface area contributed by atoms with Gasteiger partial charge in [0.05, 0.1) is 39.9 Å². The summed E-state index contributed by atoms with van der Waals surface area (Å²) in [6.07, 6.45) is 101. The molecule has 0 aromatic rings. The van der Waals surface area contributed by atoms with Crippen molar-refractivity contribution < 1.29 is 32.9 Å². The molecule has 0 radical (unpaired) electrons. The van der Waals surface area contributed by atoms with Crippen LogP contribution < -0.4 is 10.2 Å². The number of likely N-dealkylation sites (N-methyl/N-ethyl adjacent to an activating group) is 1. The van der Waals surface area contributed by atoms with Crippen LogP contribution in [0.25, 0.3) is 0 Å². The van der Waals surface area contributed by atoms with E-state index < -0.39 is 20.0 Å². The van der Waals surface area contributed by atoms with Crippen molar-refractivity contribution in [3.05, 3.63) is 48.6 Å². The van der Waals surface area contributed by atoms with E-state index in [4.69, 9.17) is 9.05 Å². The molecule has 92 heavy (non-hydrogen) atoms. The molecule has 0 aromatic heterocycles. The first-order valence-corrected chi connectivity index (χ1v) is 42.5. The molecule has 3 atom stereocenters. The SMILES string of the molecule is CCCCCCC/C=C\C/C=C\C/C=C\CCCCCCCCCCCCCCCCCCCCCCCCCCC(=O)NC(COP(=O)([O-])OCC[N+](C)(C)C)C(O)/C=C/CCCCCCCCCCCCCCCCCCCCCCCCCCCCCCC. The molecule has 2 N–H and O–H groups in total. The van der Waals surface area contributed by atoms with Crippen LogP contribution in [0.15, 0.2) is 48.6 Å². The van der Waals surface area contributed by atoms with E-state index in [-0.39, 0.29) is 19.1 Å². The van der Waals surface area contributed by atoms with E-state index in [1.807, 2.05) is 27.2 Å². The van der Waals surface area contributed by atoms with Crippen LogP contribution in [0.5, 0.6) is 0 Å². The molecule has 8 nitrogen and oxygen atoms in total. The summed E-state index contributed by atoms with van der Waals surface area (Å²) in [5, 5.41) is 14.0. The van der Waals surface area contributed by atoms with Gasteiger partial charge in [-0.1, -0.05) is 409 Å². The predicted octanol–water partition coefficient (Wildman–Crippen LogP) is 26.3. The van der Waals surface area contributed by atoms with Gasteiger partial charge >= 0.3 is 0 Å². The van der Waals surface area contributed by atoms with Gasteiger partial charge in [0.1, 0.15) is 13.2 Å². The van der Waals surface area contributed by atoms with Crippen molar-refractivity contribution in [2.75, 3.05) is 40.9 Å². The number of unbranched alkanes of at least 4 members (excludes halogenated alkanes) is 58. The highest BCUT2D eigenvalue weighted by atomic mass is 31.2. The highest BCUT2D eigenvalue weighted by Gasteiger charge is 2.23. The van der Waals surface area contributed by atoms with Gasteiger partial charge in [0.2, 0.25) is 5.91 Å². The number of allylic oxidation sites excluding steroid dienone is 7. The third kappa shape index (κ3) is 75.8. The van der Waals surface area contributed by atoms with Gasteiger partial charge in [-0.15, -0.1) is 0 Å². The highest BCUT2D eigenvalue weighted by Crippen LogP contribution is 2.38. The highest BCUT2D eigenvalue weighted by molar-refractivity contribution is 7.45. The Hall–Kier alpha value is -1.54. The van der Waals surface area contributed by atoms with Gasteiger partial charge in [-0.05, 0) is 57.8 Å². The Labute approximate surface area is 575 Å². The van der Waals surface area contributed by atoms with E-state index in [0.717, 1.165) is 51.4 Å². The summed E-state index contributed by atoms with van der Waals surface area (Å²) in [6.45, 7) is 4.70. The maximum Gasteiger partial charge on any atom is 0.268 e. The van der Waals surface area contributed by atoms with Crippen molar-refractivity contribution in [2.45, 2.75) is 437 Å². The number of phosphoric ester groups is 1. The van der Waals surface area contributed by atoms with Crippen molar-refractivity contribution in [2.24, 2.45) is 0 Å². The van der Waals surface area contributed by atoms with E-state index in [0.29, 0.717) is 17.4 Å². The molecule has 0 heterocycles. The molecule has 0 saturated heterocycles. The number of rotatable bonds is 77. The van der Waals surface area contributed by atoms with Crippen molar-refractivity contribution >= 4 is 13.7 Å². The molecular formula is C83H161N2O6P. The van der Waals surface area contributed by atoms with Crippen LogP contribution >= 0.6 is 7.82 Å². The molecule has 0 aromatic carbocycles. The normalized spacial score (nSPS) is 13.7. The second-order valence-corrected chi connectivity index (χ2v) is 30.9. The zero-order valence-electron chi connectivity index (χ0n) is 62.5. The minimum Gasteiger partial charge on any atom is -0.756 e. The fraction of sp³-hybridized carbons (Fsp3) is 0.892. The summed E-state index contributed by atoms with van der Waals surface area (Å²) in [5.74, 6) is -0.188. The average Bonchev–Trinajstić information content (AvgIpc) is 2.63. The zero-order chi connectivity index (χ0) is 66.9. The Morgan fingerprint density at radius 3 is 0.913 bits per heavy atom. The lowest BCUT2D eigenvalue weighted by molar-refractivity contribution is -0.870. The zero-order valence-corrected chi connectivity index (χ0v) is 63.4. The largest absolute Gasteiger partial charge is 0.756 e. The number of aliphatic hydroxyl groups excluding tert-OH is 1. The van der Waals surface area contributed by atoms with E-state index in [9.17, 15) is 19.4 Å². The minimum absolute atomic E-state index is 0.00116. The summed E-state index contributed by atoms with van der Waals surface area (Å²) in [4.78, 5) is 25.7. The van der Waals surface area contributed by atoms with Crippen molar-refractivity contribution in [3.8, 4) is 0 Å². The molecule has 544 valence electrons. The molecule has 0 bridgehead atoms. The number of carbonyl (C=O) groups excluding carboxylic acids is 1. The van der Waals surface area contributed by atoms with Gasteiger partial charge in [0.15, 0.2) is 0 Å². The molecule has 0 spiro atoms. The minimum atomic E-state index is -4.61. The van der Waals surface area contributed by atoms with Crippen LogP contribution in [0.2, 0.25) is 0 Å². The average molecular weight is 1310 g/mol. The number of quaternary nitrogens is 1. The lowest BCUT2D eigenvalue weighted by atomic mass is 10.0. The number of hydrogen-bond donors (Lipinski definition) is 2. The third-order valence-corrected chi connectivity index (χ3v) is 20.0. The van der Waals surface area contributed by atoms with E-state index in [2.05, 4.69) is 55.6 Å². The van der Waals surface area contributed by atoms with Crippen molar-refractivity contribution in [3.63, 3.8) is 0 Å². The smallest absolute Gasteiger partial charge is 0.268 e. The Kier molecular flexibility index (Phi) is 72.5. The molecule has 0 aliphatic rings.